The van der Waals surface area contributed by atoms with Crippen LogP contribution >= 0.6 is 0 Å². The lowest BCUT2D eigenvalue weighted by Gasteiger charge is -2.31. The van der Waals surface area contributed by atoms with Crippen molar-refractivity contribution in [3.8, 4) is 0 Å². The van der Waals surface area contributed by atoms with Gasteiger partial charge in [-0.3, -0.25) is 9.59 Å². The van der Waals surface area contributed by atoms with Crippen molar-refractivity contribution in [2.75, 3.05) is 0 Å². The fraction of sp³-hybridized carbons (Fsp3) is 0.667. The van der Waals surface area contributed by atoms with Gasteiger partial charge in [0.2, 0.25) is 0 Å². The van der Waals surface area contributed by atoms with Gasteiger partial charge >= 0.3 is 0 Å². The molecule has 0 saturated heterocycles. The Labute approximate surface area is 124 Å². The molecule has 2 nitrogen and oxygen atoms in total. The highest BCUT2D eigenvalue weighted by molar-refractivity contribution is 5.98. The van der Waals surface area contributed by atoms with E-state index in [9.17, 15) is 9.59 Å². The summed E-state index contributed by atoms with van der Waals surface area (Å²) in [5.41, 5.74) is -0.720. The predicted molar refractivity (Wildman–Crippen MR) is 85.6 cm³/mol. The zero-order chi connectivity index (χ0) is 16.4. The Bertz CT molecular complexity index is 427. The lowest BCUT2D eigenvalue weighted by Crippen LogP contribution is -2.35. The highest BCUT2D eigenvalue weighted by atomic mass is 16.1. The van der Waals surface area contributed by atoms with Crippen LogP contribution in [0.3, 0.4) is 0 Å². The van der Waals surface area contributed by atoms with Crippen LogP contribution in [0.4, 0.5) is 0 Å². The molecule has 0 heterocycles. The Morgan fingerprint density at radius 3 is 1.70 bits per heavy atom. The molecule has 0 fully saturated rings. The van der Waals surface area contributed by atoms with Gasteiger partial charge in [-0.2, -0.15) is 0 Å². The maximum absolute atomic E-state index is 12.5. The van der Waals surface area contributed by atoms with Gasteiger partial charge in [-0.25, -0.2) is 0 Å². The first-order valence-electron chi connectivity index (χ1n) is 7.16. The Balaban J connectivity index is 5.23. The van der Waals surface area contributed by atoms with Crippen LogP contribution in [-0.4, -0.2) is 11.6 Å². The first-order chi connectivity index (χ1) is 8.75. The van der Waals surface area contributed by atoms with E-state index in [4.69, 9.17) is 0 Å². The minimum absolute atomic E-state index is 0.118. The average molecular weight is 278 g/mol. The van der Waals surface area contributed by atoms with Gasteiger partial charge < -0.3 is 0 Å². The first kappa shape index (κ1) is 18.8. The molecule has 1 unspecified atom stereocenters. The third-order valence-electron chi connectivity index (χ3n) is 3.52. The smallest absolute Gasteiger partial charge is 0.163 e. The van der Waals surface area contributed by atoms with Gasteiger partial charge in [0.25, 0.3) is 0 Å². The molecule has 0 aliphatic heterocycles. The van der Waals surface area contributed by atoms with Crippen LogP contribution in [-0.2, 0) is 9.59 Å². The summed E-state index contributed by atoms with van der Waals surface area (Å²) >= 11 is 0. The van der Waals surface area contributed by atoms with Crippen molar-refractivity contribution < 1.29 is 9.59 Å². The summed E-state index contributed by atoms with van der Waals surface area (Å²) in [5, 5.41) is 0. The van der Waals surface area contributed by atoms with E-state index in [-0.39, 0.29) is 17.0 Å². The van der Waals surface area contributed by atoms with E-state index < -0.39 is 10.8 Å². The van der Waals surface area contributed by atoms with Gasteiger partial charge in [-0.05, 0) is 25.8 Å². The van der Waals surface area contributed by atoms with Crippen LogP contribution in [0.1, 0.15) is 61.8 Å². The third-order valence-corrected chi connectivity index (χ3v) is 3.52. The highest BCUT2D eigenvalue weighted by Crippen LogP contribution is 2.34. The van der Waals surface area contributed by atoms with Gasteiger partial charge in [-0.15, -0.1) is 6.58 Å². The Hall–Kier alpha value is -1.18. The minimum Gasteiger partial charge on any atom is -0.298 e. The maximum atomic E-state index is 12.5. The van der Waals surface area contributed by atoms with Crippen LogP contribution < -0.4 is 0 Å². The summed E-state index contributed by atoms with van der Waals surface area (Å²) in [4.78, 5) is 24.7. The van der Waals surface area contributed by atoms with Crippen molar-refractivity contribution >= 4 is 11.6 Å². The monoisotopic (exact) mass is 278 g/mol. The number of hydrogen-bond acceptors (Lipinski definition) is 2. The normalized spacial score (nSPS) is 16.5. The molecule has 0 aromatic carbocycles. The molecule has 0 radical (unpaired) electrons. The minimum atomic E-state index is -0.627. The quantitative estimate of drug-likeness (QED) is 0.537. The largest absolute Gasteiger partial charge is 0.298 e. The topological polar surface area (TPSA) is 34.1 Å². The van der Waals surface area contributed by atoms with E-state index in [0.29, 0.717) is 12.0 Å². The molecule has 0 aliphatic carbocycles. The number of carbonyl (C=O) groups excluding carboxylic acids is 2. The molecule has 1 atom stereocenters. The molecule has 0 aliphatic rings. The number of allylic oxidation sites excluding steroid dienone is 3. The molecule has 20 heavy (non-hydrogen) atoms. The second-order valence-corrected chi connectivity index (χ2v) is 7.87. The van der Waals surface area contributed by atoms with Crippen LogP contribution in [0.25, 0.3) is 0 Å². The standard InChI is InChI=1S/C18H30O2/c1-10-18(9,15(20)17(6,7)8)12-11-13(2)14(19)16(3,4)5/h10-11H,1,12H2,2-9H3. The van der Waals surface area contributed by atoms with E-state index >= 15 is 0 Å². The molecule has 114 valence electrons. The van der Waals surface area contributed by atoms with Crippen LogP contribution in [0.2, 0.25) is 0 Å². The molecule has 0 bridgehead atoms. The molecule has 0 aromatic rings. The summed E-state index contributed by atoms with van der Waals surface area (Å²) in [6.45, 7) is 18.9. The number of ketones is 2. The second-order valence-electron chi connectivity index (χ2n) is 7.87. The molecular formula is C18H30O2. The molecule has 2 heteroatoms. The summed E-state index contributed by atoms with van der Waals surface area (Å²) < 4.78 is 0. The van der Waals surface area contributed by atoms with Crippen molar-refractivity contribution in [1.82, 2.24) is 0 Å². The molecule has 0 N–H and O–H groups in total. The summed E-state index contributed by atoms with van der Waals surface area (Å²) in [5.74, 6) is 0.263. The van der Waals surface area contributed by atoms with Crippen molar-refractivity contribution in [2.45, 2.75) is 61.8 Å². The Morgan fingerprint density at radius 2 is 1.40 bits per heavy atom. The zero-order valence-electron chi connectivity index (χ0n) is 14.4. The van der Waals surface area contributed by atoms with Gasteiger partial charge in [0.15, 0.2) is 5.78 Å². The molecular weight excluding hydrogens is 248 g/mol. The lowest BCUT2D eigenvalue weighted by atomic mass is 9.71. The molecule has 0 spiro atoms. The number of hydrogen-bond donors (Lipinski definition) is 0. The van der Waals surface area contributed by atoms with Gasteiger partial charge in [0.1, 0.15) is 5.78 Å². The summed E-state index contributed by atoms with van der Waals surface area (Å²) in [6, 6.07) is 0. The lowest BCUT2D eigenvalue weighted by molar-refractivity contribution is -0.133. The first-order valence-corrected chi connectivity index (χ1v) is 7.16. The van der Waals surface area contributed by atoms with E-state index in [1.165, 1.54) is 0 Å². The molecule has 0 saturated carbocycles. The van der Waals surface area contributed by atoms with E-state index in [1.807, 2.05) is 61.5 Å². The van der Waals surface area contributed by atoms with Crippen LogP contribution in [0.15, 0.2) is 24.3 Å². The van der Waals surface area contributed by atoms with Gasteiger partial charge in [0.05, 0.1) is 0 Å². The van der Waals surface area contributed by atoms with E-state index in [0.717, 1.165) is 0 Å². The van der Waals surface area contributed by atoms with Crippen molar-refractivity contribution in [2.24, 2.45) is 16.2 Å². The Kier molecular flexibility index (Phi) is 5.71. The summed E-state index contributed by atoms with van der Waals surface area (Å²) in [6.07, 6.45) is 4.09. The van der Waals surface area contributed by atoms with Gasteiger partial charge in [0, 0.05) is 16.2 Å². The SMILES string of the molecule is C=CC(C)(CC=C(C)C(=O)C(C)(C)C)C(=O)C(C)(C)C. The zero-order valence-corrected chi connectivity index (χ0v) is 14.4. The predicted octanol–water partition coefficient (Wildman–Crippen LogP) is 4.75. The maximum Gasteiger partial charge on any atom is 0.163 e. The van der Waals surface area contributed by atoms with Crippen molar-refractivity contribution in [1.29, 1.82) is 0 Å². The van der Waals surface area contributed by atoms with Gasteiger partial charge in [-0.1, -0.05) is 53.7 Å². The highest BCUT2D eigenvalue weighted by Gasteiger charge is 2.36. The molecule has 0 rings (SSSR count). The molecule has 0 amide bonds. The number of Topliss-reactive ketones (excluding diaryl/α,β-unsaturated/α-hetero) is 2. The third kappa shape index (κ3) is 4.73. The number of rotatable bonds is 5. The van der Waals surface area contributed by atoms with Crippen molar-refractivity contribution in [3.63, 3.8) is 0 Å². The van der Waals surface area contributed by atoms with Crippen LogP contribution in [0.5, 0.6) is 0 Å². The second kappa shape index (κ2) is 6.07. The van der Waals surface area contributed by atoms with E-state index in [1.54, 1.807) is 6.08 Å². The fourth-order valence-corrected chi connectivity index (χ4v) is 2.17. The fourth-order valence-electron chi connectivity index (χ4n) is 2.17. The summed E-state index contributed by atoms with van der Waals surface area (Å²) in [7, 11) is 0. The number of carbonyl (C=O) groups is 2. The Morgan fingerprint density at radius 1 is 0.950 bits per heavy atom. The van der Waals surface area contributed by atoms with Crippen molar-refractivity contribution in [3.05, 3.63) is 24.3 Å². The van der Waals surface area contributed by atoms with E-state index in [2.05, 4.69) is 6.58 Å². The van der Waals surface area contributed by atoms with Crippen LogP contribution in [0, 0.1) is 16.2 Å². The average Bonchev–Trinajstić information content (AvgIpc) is 2.31. The molecule has 0 aromatic heterocycles.